The van der Waals surface area contributed by atoms with E-state index in [9.17, 15) is 0 Å². The van der Waals surface area contributed by atoms with Crippen LogP contribution in [0.1, 0.15) is 18.9 Å². The first-order chi connectivity index (χ1) is 6.74. The highest BCUT2D eigenvalue weighted by atomic mass is 32.1. The summed E-state index contributed by atoms with van der Waals surface area (Å²) >= 11 is 5.11. The van der Waals surface area contributed by atoms with E-state index in [0.29, 0.717) is 5.11 Å². The second kappa shape index (κ2) is 5.54. The Balaban J connectivity index is 2.52. The lowest BCUT2D eigenvalue weighted by Gasteiger charge is -2.10. The number of hydrogen-bond donors (Lipinski definition) is 2. The Labute approximate surface area is 89.9 Å². The number of aryl methyl sites for hydroxylation is 1. The maximum Gasteiger partial charge on any atom is 0.170 e. The fraction of sp³-hybridized carbons (Fsp3) is 0.400. The standard InChI is InChI=1S/C10H15N3S/c1-3-5-12-10(14)13-9-7-11-6-4-8(9)2/h4,6-7H,3,5H2,1-2H3,(H2,12,13,14). The third-order valence-electron chi connectivity index (χ3n) is 1.82. The van der Waals surface area contributed by atoms with Crippen molar-refractivity contribution in [2.45, 2.75) is 20.3 Å². The van der Waals surface area contributed by atoms with Crippen LogP contribution in [0.15, 0.2) is 18.5 Å². The van der Waals surface area contributed by atoms with Gasteiger partial charge in [0.1, 0.15) is 0 Å². The van der Waals surface area contributed by atoms with Gasteiger partial charge in [0.25, 0.3) is 0 Å². The zero-order valence-corrected chi connectivity index (χ0v) is 9.32. The molecule has 0 amide bonds. The van der Waals surface area contributed by atoms with Gasteiger partial charge in [-0.05, 0) is 37.2 Å². The van der Waals surface area contributed by atoms with Gasteiger partial charge in [-0.15, -0.1) is 0 Å². The van der Waals surface area contributed by atoms with Crippen molar-refractivity contribution in [3.05, 3.63) is 24.0 Å². The van der Waals surface area contributed by atoms with Crippen LogP contribution in [0.5, 0.6) is 0 Å². The van der Waals surface area contributed by atoms with E-state index in [2.05, 4.69) is 22.5 Å². The molecule has 0 saturated carbocycles. The van der Waals surface area contributed by atoms with Gasteiger partial charge >= 0.3 is 0 Å². The molecule has 1 rings (SSSR count). The third-order valence-corrected chi connectivity index (χ3v) is 2.07. The van der Waals surface area contributed by atoms with Gasteiger partial charge in [0.15, 0.2) is 5.11 Å². The van der Waals surface area contributed by atoms with Gasteiger partial charge in [-0.2, -0.15) is 0 Å². The quantitative estimate of drug-likeness (QED) is 0.747. The van der Waals surface area contributed by atoms with Crippen molar-refractivity contribution in [1.29, 1.82) is 0 Å². The van der Waals surface area contributed by atoms with E-state index in [1.54, 1.807) is 12.4 Å². The lowest BCUT2D eigenvalue weighted by Crippen LogP contribution is -2.29. The fourth-order valence-corrected chi connectivity index (χ4v) is 1.21. The first-order valence-electron chi connectivity index (χ1n) is 4.69. The Bertz CT molecular complexity index is 312. The number of aromatic nitrogens is 1. The fourth-order valence-electron chi connectivity index (χ4n) is 1.000. The summed E-state index contributed by atoms with van der Waals surface area (Å²) in [6.45, 7) is 5.02. The maximum atomic E-state index is 5.11. The molecule has 0 aliphatic heterocycles. The van der Waals surface area contributed by atoms with Crippen LogP contribution in [0.2, 0.25) is 0 Å². The summed E-state index contributed by atoms with van der Waals surface area (Å²) in [5.74, 6) is 0. The van der Waals surface area contributed by atoms with Gasteiger partial charge in [-0.3, -0.25) is 4.98 Å². The molecule has 2 N–H and O–H groups in total. The molecule has 0 aromatic carbocycles. The number of thiocarbonyl (C=S) groups is 1. The molecule has 0 spiro atoms. The van der Waals surface area contributed by atoms with Gasteiger partial charge < -0.3 is 10.6 Å². The Morgan fingerprint density at radius 3 is 3.00 bits per heavy atom. The Hall–Kier alpha value is -1.16. The minimum Gasteiger partial charge on any atom is -0.362 e. The maximum absolute atomic E-state index is 5.11. The van der Waals surface area contributed by atoms with Crippen molar-refractivity contribution >= 4 is 23.0 Å². The van der Waals surface area contributed by atoms with Gasteiger partial charge in [0.05, 0.1) is 11.9 Å². The van der Waals surface area contributed by atoms with Gasteiger partial charge in [-0.25, -0.2) is 0 Å². The molecule has 0 bridgehead atoms. The molecular formula is C10H15N3S. The largest absolute Gasteiger partial charge is 0.362 e. The SMILES string of the molecule is CCCNC(=S)Nc1cnccc1C. The van der Waals surface area contributed by atoms with E-state index in [-0.39, 0.29) is 0 Å². The van der Waals surface area contributed by atoms with Crippen LogP contribution in [0, 0.1) is 6.92 Å². The van der Waals surface area contributed by atoms with Crippen LogP contribution in [0.3, 0.4) is 0 Å². The minimum absolute atomic E-state index is 0.656. The summed E-state index contributed by atoms with van der Waals surface area (Å²) in [6, 6.07) is 1.95. The van der Waals surface area contributed by atoms with Gasteiger partial charge in [0.2, 0.25) is 0 Å². The molecule has 3 nitrogen and oxygen atoms in total. The molecule has 0 fully saturated rings. The average molecular weight is 209 g/mol. The second-order valence-corrected chi connectivity index (χ2v) is 3.48. The molecule has 0 unspecified atom stereocenters. The summed E-state index contributed by atoms with van der Waals surface area (Å²) in [7, 11) is 0. The van der Waals surface area contributed by atoms with E-state index in [1.165, 1.54) is 0 Å². The average Bonchev–Trinajstić information content (AvgIpc) is 2.18. The highest BCUT2D eigenvalue weighted by Crippen LogP contribution is 2.10. The van der Waals surface area contributed by atoms with Crippen molar-refractivity contribution in [2.75, 3.05) is 11.9 Å². The Morgan fingerprint density at radius 1 is 1.57 bits per heavy atom. The van der Waals surface area contributed by atoms with E-state index in [0.717, 1.165) is 24.2 Å². The molecule has 1 aromatic heterocycles. The Morgan fingerprint density at radius 2 is 2.36 bits per heavy atom. The number of anilines is 1. The molecule has 14 heavy (non-hydrogen) atoms. The summed E-state index contributed by atoms with van der Waals surface area (Å²) in [5, 5.41) is 6.86. The third kappa shape index (κ3) is 3.30. The zero-order chi connectivity index (χ0) is 10.4. The number of pyridine rings is 1. The van der Waals surface area contributed by atoms with Crippen molar-refractivity contribution in [1.82, 2.24) is 10.3 Å². The number of nitrogens with one attached hydrogen (secondary N) is 2. The Kier molecular flexibility index (Phi) is 4.32. The van der Waals surface area contributed by atoms with Crippen molar-refractivity contribution in [3.8, 4) is 0 Å². The van der Waals surface area contributed by atoms with Crippen LogP contribution in [-0.2, 0) is 0 Å². The lowest BCUT2D eigenvalue weighted by atomic mass is 10.2. The molecule has 4 heteroatoms. The minimum atomic E-state index is 0.656. The molecule has 76 valence electrons. The molecule has 1 aromatic rings. The molecule has 0 radical (unpaired) electrons. The van der Waals surface area contributed by atoms with Crippen molar-refractivity contribution in [2.24, 2.45) is 0 Å². The topological polar surface area (TPSA) is 37.0 Å². The first kappa shape index (κ1) is 10.9. The van der Waals surface area contributed by atoms with Crippen LogP contribution < -0.4 is 10.6 Å². The van der Waals surface area contributed by atoms with Crippen molar-refractivity contribution < 1.29 is 0 Å². The van der Waals surface area contributed by atoms with Crippen LogP contribution in [-0.4, -0.2) is 16.6 Å². The lowest BCUT2D eigenvalue weighted by molar-refractivity contribution is 0.846. The summed E-state index contributed by atoms with van der Waals surface area (Å²) in [6.07, 6.45) is 4.60. The van der Waals surface area contributed by atoms with E-state index >= 15 is 0 Å². The smallest absolute Gasteiger partial charge is 0.170 e. The molecular weight excluding hydrogens is 194 g/mol. The zero-order valence-electron chi connectivity index (χ0n) is 8.50. The van der Waals surface area contributed by atoms with Crippen LogP contribution in [0.25, 0.3) is 0 Å². The number of rotatable bonds is 3. The number of nitrogens with zero attached hydrogens (tertiary/aromatic N) is 1. The van der Waals surface area contributed by atoms with Gasteiger partial charge in [0, 0.05) is 12.7 Å². The molecule has 0 atom stereocenters. The van der Waals surface area contributed by atoms with E-state index < -0.39 is 0 Å². The predicted molar refractivity (Wildman–Crippen MR) is 63.5 cm³/mol. The normalized spacial score (nSPS) is 9.57. The molecule has 0 aliphatic carbocycles. The second-order valence-electron chi connectivity index (χ2n) is 3.07. The van der Waals surface area contributed by atoms with Crippen LogP contribution in [0.4, 0.5) is 5.69 Å². The monoisotopic (exact) mass is 209 g/mol. The summed E-state index contributed by atoms with van der Waals surface area (Å²) in [5.41, 5.74) is 2.10. The first-order valence-corrected chi connectivity index (χ1v) is 5.10. The van der Waals surface area contributed by atoms with Crippen molar-refractivity contribution in [3.63, 3.8) is 0 Å². The molecule has 1 heterocycles. The van der Waals surface area contributed by atoms with Gasteiger partial charge in [-0.1, -0.05) is 6.92 Å². The number of hydrogen-bond acceptors (Lipinski definition) is 2. The van der Waals surface area contributed by atoms with E-state index in [1.807, 2.05) is 13.0 Å². The molecule has 0 aliphatic rings. The molecule has 0 saturated heterocycles. The van der Waals surface area contributed by atoms with Crippen LogP contribution >= 0.6 is 12.2 Å². The summed E-state index contributed by atoms with van der Waals surface area (Å²) in [4.78, 5) is 4.03. The highest BCUT2D eigenvalue weighted by Gasteiger charge is 1.99. The summed E-state index contributed by atoms with van der Waals surface area (Å²) < 4.78 is 0. The van der Waals surface area contributed by atoms with E-state index in [4.69, 9.17) is 12.2 Å². The highest BCUT2D eigenvalue weighted by molar-refractivity contribution is 7.80. The predicted octanol–water partition coefficient (Wildman–Crippen LogP) is 2.09.